The molecule has 78 valence electrons. The number of carbonyl (C=O) groups excluding carboxylic acids is 1. The van der Waals surface area contributed by atoms with Gasteiger partial charge in [0.25, 0.3) is 5.91 Å². The molecule has 0 aliphatic carbocycles. The van der Waals surface area contributed by atoms with Crippen molar-refractivity contribution in [3.63, 3.8) is 0 Å². The van der Waals surface area contributed by atoms with Crippen LogP contribution in [0.4, 0.5) is 0 Å². The number of hydrogen-bond acceptors (Lipinski definition) is 3. The molecule has 5 nitrogen and oxygen atoms in total. The van der Waals surface area contributed by atoms with E-state index in [0.29, 0.717) is 11.2 Å². The van der Waals surface area contributed by atoms with E-state index < -0.39 is 0 Å². The van der Waals surface area contributed by atoms with Crippen molar-refractivity contribution in [1.29, 1.82) is 0 Å². The first-order chi connectivity index (χ1) is 7.33. The zero-order chi connectivity index (χ0) is 10.7. The van der Waals surface area contributed by atoms with Crippen molar-refractivity contribution >= 4 is 16.9 Å². The zero-order valence-corrected chi connectivity index (χ0v) is 8.03. The molecule has 0 aromatic carbocycles. The molecule has 0 atom stereocenters. The van der Waals surface area contributed by atoms with Crippen molar-refractivity contribution < 1.29 is 9.90 Å². The number of fused-ring (bicyclic) bond motifs is 1. The van der Waals surface area contributed by atoms with Gasteiger partial charge in [-0.2, -0.15) is 0 Å². The molecule has 3 N–H and O–H groups in total. The second-order valence-electron chi connectivity index (χ2n) is 3.08. The SMILES string of the molecule is O=C(NCCO)c1ccnc2[nH]ccc12. The number of pyridine rings is 1. The lowest BCUT2D eigenvalue weighted by molar-refractivity contribution is 0.0946. The highest BCUT2D eigenvalue weighted by atomic mass is 16.3. The minimum absolute atomic E-state index is 0.0624. The summed E-state index contributed by atoms with van der Waals surface area (Å²) in [6.45, 7) is 0.195. The van der Waals surface area contributed by atoms with E-state index in [9.17, 15) is 4.79 Å². The fourth-order valence-electron chi connectivity index (χ4n) is 1.42. The summed E-state index contributed by atoms with van der Waals surface area (Å²) in [4.78, 5) is 18.7. The first-order valence-electron chi connectivity index (χ1n) is 4.64. The fraction of sp³-hybridized carbons (Fsp3) is 0.200. The molecule has 2 rings (SSSR count). The van der Waals surface area contributed by atoms with Gasteiger partial charge in [0.15, 0.2) is 0 Å². The topological polar surface area (TPSA) is 78.0 Å². The lowest BCUT2D eigenvalue weighted by Crippen LogP contribution is -2.26. The van der Waals surface area contributed by atoms with E-state index in [1.807, 2.05) is 0 Å². The number of H-pyrrole nitrogens is 1. The van der Waals surface area contributed by atoms with Gasteiger partial charge < -0.3 is 15.4 Å². The van der Waals surface area contributed by atoms with Crippen LogP contribution in [0.1, 0.15) is 10.4 Å². The Bertz CT molecular complexity index is 478. The molecule has 0 aliphatic heterocycles. The Kier molecular flexibility index (Phi) is 2.64. The highest BCUT2D eigenvalue weighted by molar-refractivity contribution is 6.05. The van der Waals surface area contributed by atoms with Crippen LogP contribution in [-0.4, -0.2) is 34.1 Å². The average Bonchev–Trinajstić information content (AvgIpc) is 2.73. The molecule has 0 saturated heterocycles. The molecule has 0 spiro atoms. The first-order valence-corrected chi connectivity index (χ1v) is 4.64. The van der Waals surface area contributed by atoms with Crippen LogP contribution in [0.5, 0.6) is 0 Å². The van der Waals surface area contributed by atoms with E-state index in [4.69, 9.17) is 5.11 Å². The zero-order valence-electron chi connectivity index (χ0n) is 8.03. The van der Waals surface area contributed by atoms with Crippen LogP contribution in [0.15, 0.2) is 24.5 Å². The minimum Gasteiger partial charge on any atom is -0.395 e. The number of hydrogen-bond donors (Lipinski definition) is 3. The molecule has 0 saturated carbocycles. The number of nitrogens with one attached hydrogen (secondary N) is 2. The second kappa shape index (κ2) is 4.10. The van der Waals surface area contributed by atoms with Crippen LogP contribution in [0.2, 0.25) is 0 Å². The average molecular weight is 205 g/mol. The monoisotopic (exact) mass is 205 g/mol. The molecule has 0 aliphatic rings. The third kappa shape index (κ3) is 1.82. The third-order valence-corrected chi connectivity index (χ3v) is 2.10. The van der Waals surface area contributed by atoms with Crippen molar-refractivity contribution in [2.24, 2.45) is 0 Å². The van der Waals surface area contributed by atoms with E-state index in [-0.39, 0.29) is 19.1 Å². The normalized spacial score (nSPS) is 10.5. The molecule has 1 amide bonds. The highest BCUT2D eigenvalue weighted by Gasteiger charge is 2.09. The van der Waals surface area contributed by atoms with Gasteiger partial charge in [0, 0.05) is 24.3 Å². The van der Waals surface area contributed by atoms with Crippen molar-refractivity contribution in [1.82, 2.24) is 15.3 Å². The predicted octanol–water partition coefficient (Wildman–Crippen LogP) is 0.285. The molecule has 0 fully saturated rings. The molecule has 2 heterocycles. The first kappa shape index (κ1) is 9.67. The number of aromatic amines is 1. The summed E-state index contributed by atoms with van der Waals surface area (Å²) in [7, 11) is 0. The maximum Gasteiger partial charge on any atom is 0.252 e. The van der Waals surface area contributed by atoms with E-state index in [1.54, 1.807) is 24.5 Å². The standard InChI is InChI=1S/C10H11N3O2/c14-6-5-13-10(15)8-2-4-12-9-7(8)1-3-11-9/h1-4,14H,5-6H2,(H,11,12)(H,13,15). The summed E-state index contributed by atoms with van der Waals surface area (Å²) in [5, 5.41) is 12.0. The number of nitrogens with zero attached hydrogens (tertiary/aromatic N) is 1. The van der Waals surface area contributed by atoms with Gasteiger partial charge in [-0.1, -0.05) is 0 Å². The van der Waals surface area contributed by atoms with Gasteiger partial charge in [-0.25, -0.2) is 4.98 Å². The van der Waals surface area contributed by atoms with Gasteiger partial charge in [-0.3, -0.25) is 4.79 Å². The van der Waals surface area contributed by atoms with Crippen LogP contribution in [0.3, 0.4) is 0 Å². The highest BCUT2D eigenvalue weighted by Crippen LogP contribution is 2.14. The van der Waals surface area contributed by atoms with Crippen molar-refractivity contribution in [3.05, 3.63) is 30.1 Å². The molecular formula is C10H11N3O2. The van der Waals surface area contributed by atoms with Crippen LogP contribution < -0.4 is 5.32 Å². The Morgan fingerprint density at radius 2 is 2.40 bits per heavy atom. The van der Waals surface area contributed by atoms with E-state index >= 15 is 0 Å². The largest absolute Gasteiger partial charge is 0.395 e. The fourth-order valence-corrected chi connectivity index (χ4v) is 1.42. The number of aromatic nitrogens is 2. The van der Waals surface area contributed by atoms with Crippen molar-refractivity contribution in [3.8, 4) is 0 Å². The van der Waals surface area contributed by atoms with Gasteiger partial charge in [0.2, 0.25) is 0 Å². The van der Waals surface area contributed by atoms with Crippen LogP contribution in [-0.2, 0) is 0 Å². The molecule has 0 radical (unpaired) electrons. The summed E-state index contributed by atoms with van der Waals surface area (Å²) in [6.07, 6.45) is 3.31. The predicted molar refractivity (Wildman–Crippen MR) is 55.5 cm³/mol. The Morgan fingerprint density at radius 3 is 3.20 bits per heavy atom. The molecule has 2 aromatic rings. The molecule has 15 heavy (non-hydrogen) atoms. The Labute approximate surface area is 86.1 Å². The Hall–Kier alpha value is -1.88. The maximum atomic E-state index is 11.7. The van der Waals surface area contributed by atoms with Gasteiger partial charge >= 0.3 is 0 Å². The van der Waals surface area contributed by atoms with Crippen molar-refractivity contribution in [2.45, 2.75) is 0 Å². The minimum atomic E-state index is -0.198. The van der Waals surface area contributed by atoms with Crippen LogP contribution in [0.25, 0.3) is 11.0 Å². The quantitative estimate of drug-likeness (QED) is 0.673. The van der Waals surface area contributed by atoms with Crippen LogP contribution in [0, 0.1) is 0 Å². The van der Waals surface area contributed by atoms with Crippen LogP contribution >= 0.6 is 0 Å². The summed E-state index contributed by atoms with van der Waals surface area (Å²) >= 11 is 0. The Balaban J connectivity index is 2.34. The summed E-state index contributed by atoms with van der Waals surface area (Å²) in [6, 6.07) is 3.46. The maximum absolute atomic E-state index is 11.7. The van der Waals surface area contributed by atoms with E-state index in [1.165, 1.54) is 0 Å². The summed E-state index contributed by atoms with van der Waals surface area (Å²) in [5.74, 6) is -0.198. The molecule has 0 bridgehead atoms. The van der Waals surface area contributed by atoms with Gasteiger partial charge in [0.05, 0.1) is 12.2 Å². The van der Waals surface area contributed by atoms with E-state index in [2.05, 4.69) is 15.3 Å². The van der Waals surface area contributed by atoms with E-state index in [0.717, 1.165) is 5.39 Å². The number of amides is 1. The second-order valence-corrected chi connectivity index (χ2v) is 3.08. The molecule has 0 unspecified atom stereocenters. The van der Waals surface area contributed by atoms with Gasteiger partial charge in [-0.05, 0) is 12.1 Å². The summed E-state index contributed by atoms with van der Waals surface area (Å²) in [5.41, 5.74) is 1.25. The third-order valence-electron chi connectivity index (χ3n) is 2.10. The lowest BCUT2D eigenvalue weighted by atomic mass is 10.2. The number of aliphatic hydroxyl groups excluding tert-OH is 1. The number of carbonyl (C=O) groups is 1. The molecule has 2 aromatic heterocycles. The van der Waals surface area contributed by atoms with Gasteiger partial charge in [0.1, 0.15) is 5.65 Å². The number of aliphatic hydroxyl groups is 1. The lowest BCUT2D eigenvalue weighted by Gasteiger charge is -2.03. The molecule has 5 heteroatoms. The molecular weight excluding hydrogens is 194 g/mol. The van der Waals surface area contributed by atoms with Gasteiger partial charge in [-0.15, -0.1) is 0 Å². The Morgan fingerprint density at radius 1 is 1.53 bits per heavy atom. The number of rotatable bonds is 3. The van der Waals surface area contributed by atoms with Crippen molar-refractivity contribution in [2.75, 3.05) is 13.2 Å². The smallest absolute Gasteiger partial charge is 0.252 e. The summed E-state index contributed by atoms with van der Waals surface area (Å²) < 4.78 is 0.